The second-order valence-electron chi connectivity index (χ2n) is 5.45. The van der Waals surface area contributed by atoms with Crippen LogP contribution in [-0.2, 0) is 12.8 Å². The third-order valence-electron chi connectivity index (χ3n) is 3.43. The number of thiazole rings is 1. The van der Waals surface area contributed by atoms with Crippen molar-refractivity contribution < 1.29 is 4.39 Å². The lowest BCUT2D eigenvalue weighted by Crippen LogP contribution is -2.26. The van der Waals surface area contributed by atoms with E-state index in [-0.39, 0.29) is 5.82 Å². The van der Waals surface area contributed by atoms with Crippen LogP contribution in [0.25, 0.3) is 0 Å². The van der Waals surface area contributed by atoms with Gasteiger partial charge in [-0.2, -0.15) is 0 Å². The molecule has 1 unspecified atom stereocenters. The zero-order valence-corrected chi connectivity index (χ0v) is 13.5. The molecule has 0 fully saturated rings. The van der Waals surface area contributed by atoms with Gasteiger partial charge in [0.1, 0.15) is 5.82 Å². The van der Waals surface area contributed by atoms with Crippen molar-refractivity contribution in [3.05, 3.63) is 51.7 Å². The molecule has 0 amide bonds. The molecule has 0 spiro atoms. The summed E-state index contributed by atoms with van der Waals surface area (Å²) >= 11 is 1.76. The Bertz CT molecular complexity index is 553. The van der Waals surface area contributed by atoms with E-state index in [4.69, 9.17) is 0 Å². The highest BCUT2D eigenvalue weighted by Gasteiger charge is 2.12. The number of aryl methyl sites for hydroxylation is 1. The summed E-state index contributed by atoms with van der Waals surface area (Å²) in [5.74, 6) is 0.319. The minimum Gasteiger partial charge on any atom is -0.316 e. The van der Waals surface area contributed by atoms with E-state index in [0.29, 0.717) is 5.92 Å². The SMILES string of the molecule is CCCNCC(Cc1cccc(F)c1)Cc1cnc(C)s1. The summed E-state index contributed by atoms with van der Waals surface area (Å²) in [7, 11) is 0. The van der Waals surface area contributed by atoms with E-state index in [1.54, 1.807) is 23.5 Å². The summed E-state index contributed by atoms with van der Waals surface area (Å²) in [6, 6.07) is 6.94. The summed E-state index contributed by atoms with van der Waals surface area (Å²) in [6.07, 6.45) is 4.99. The van der Waals surface area contributed by atoms with E-state index in [2.05, 4.69) is 17.2 Å². The lowest BCUT2D eigenvalue weighted by molar-refractivity contribution is 0.472. The van der Waals surface area contributed by atoms with Crippen LogP contribution in [0.2, 0.25) is 0 Å². The standard InChI is InChI=1S/C17H23FN2S/c1-3-7-19-11-15(10-17-12-20-13(2)21-17)8-14-5-4-6-16(18)9-14/h4-6,9,12,15,19H,3,7-8,10-11H2,1-2H3. The summed E-state index contributed by atoms with van der Waals surface area (Å²) in [4.78, 5) is 5.64. The number of halogens is 1. The fourth-order valence-corrected chi connectivity index (χ4v) is 3.39. The average molecular weight is 306 g/mol. The molecule has 0 aliphatic heterocycles. The summed E-state index contributed by atoms with van der Waals surface area (Å²) < 4.78 is 13.3. The third kappa shape index (κ3) is 5.56. The van der Waals surface area contributed by atoms with Crippen LogP contribution >= 0.6 is 11.3 Å². The molecule has 0 aliphatic carbocycles. The molecule has 0 saturated heterocycles. The van der Waals surface area contributed by atoms with Crippen molar-refractivity contribution in [2.75, 3.05) is 13.1 Å². The second kappa shape index (κ2) is 8.25. The molecule has 114 valence electrons. The predicted octanol–water partition coefficient (Wildman–Crippen LogP) is 3.99. The number of aromatic nitrogens is 1. The summed E-state index contributed by atoms with van der Waals surface area (Å²) in [5.41, 5.74) is 1.07. The van der Waals surface area contributed by atoms with Gasteiger partial charge in [-0.3, -0.25) is 0 Å². The van der Waals surface area contributed by atoms with E-state index in [1.165, 1.54) is 10.9 Å². The normalized spacial score (nSPS) is 12.5. The Balaban J connectivity index is 2.00. The molecule has 0 radical (unpaired) electrons. The first-order chi connectivity index (χ1) is 10.2. The minimum atomic E-state index is -0.151. The monoisotopic (exact) mass is 306 g/mol. The maximum Gasteiger partial charge on any atom is 0.123 e. The number of hydrogen-bond acceptors (Lipinski definition) is 3. The van der Waals surface area contributed by atoms with E-state index in [9.17, 15) is 4.39 Å². The molecule has 0 aliphatic rings. The Morgan fingerprint density at radius 3 is 2.86 bits per heavy atom. The van der Waals surface area contributed by atoms with Crippen LogP contribution in [0.5, 0.6) is 0 Å². The van der Waals surface area contributed by atoms with Gasteiger partial charge in [0.25, 0.3) is 0 Å². The molecular formula is C17H23FN2S. The van der Waals surface area contributed by atoms with Gasteiger partial charge in [0.15, 0.2) is 0 Å². The maximum absolute atomic E-state index is 13.3. The first-order valence-corrected chi connectivity index (χ1v) is 8.35. The second-order valence-corrected chi connectivity index (χ2v) is 6.77. The van der Waals surface area contributed by atoms with Crippen molar-refractivity contribution in [3.8, 4) is 0 Å². The van der Waals surface area contributed by atoms with Crippen molar-refractivity contribution >= 4 is 11.3 Å². The lowest BCUT2D eigenvalue weighted by atomic mass is 9.95. The third-order valence-corrected chi connectivity index (χ3v) is 4.37. The highest BCUT2D eigenvalue weighted by atomic mass is 32.1. The van der Waals surface area contributed by atoms with Gasteiger partial charge < -0.3 is 5.32 Å². The Labute approximate surface area is 130 Å². The Hall–Kier alpha value is -1.26. The predicted molar refractivity (Wildman–Crippen MR) is 87.3 cm³/mol. The molecule has 21 heavy (non-hydrogen) atoms. The van der Waals surface area contributed by atoms with Gasteiger partial charge in [0.05, 0.1) is 5.01 Å². The van der Waals surface area contributed by atoms with Crippen molar-refractivity contribution in [2.45, 2.75) is 33.1 Å². The van der Waals surface area contributed by atoms with E-state index in [0.717, 1.165) is 42.9 Å². The molecule has 1 aromatic carbocycles. The highest BCUT2D eigenvalue weighted by Crippen LogP contribution is 2.19. The topological polar surface area (TPSA) is 24.9 Å². The van der Waals surface area contributed by atoms with Gasteiger partial charge in [-0.05, 0) is 62.9 Å². The molecule has 0 bridgehead atoms. The number of benzene rings is 1. The van der Waals surface area contributed by atoms with Crippen molar-refractivity contribution in [2.24, 2.45) is 5.92 Å². The van der Waals surface area contributed by atoms with Gasteiger partial charge in [0.2, 0.25) is 0 Å². The fourth-order valence-electron chi connectivity index (χ4n) is 2.48. The Morgan fingerprint density at radius 1 is 1.33 bits per heavy atom. The molecule has 1 heterocycles. The van der Waals surface area contributed by atoms with Crippen molar-refractivity contribution in [3.63, 3.8) is 0 Å². The van der Waals surface area contributed by atoms with Crippen LogP contribution in [0.4, 0.5) is 4.39 Å². The minimum absolute atomic E-state index is 0.151. The molecule has 2 aromatic rings. The van der Waals surface area contributed by atoms with Gasteiger partial charge in [-0.1, -0.05) is 19.1 Å². The number of nitrogens with one attached hydrogen (secondary N) is 1. The van der Waals surface area contributed by atoms with E-state index in [1.807, 2.05) is 19.2 Å². The fraction of sp³-hybridized carbons (Fsp3) is 0.471. The number of hydrogen-bond donors (Lipinski definition) is 1. The smallest absolute Gasteiger partial charge is 0.123 e. The Kier molecular flexibility index (Phi) is 6.33. The number of rotatable bonds is 8. The van der Waals surface area contributed by atoms with Gasteiger partial charge in [-0.15, -0.1) is 11.3 Å². The Morgan fingerprint density at radius 2 is 2.19 bits per heavy atom. The zero-order valence-electron chi connectivity index (χ0n) is 12.7. The van der Waals surface area contributed by atoms with Crippen LogP contribution in [0.15, 0.2) is 30.5 Å². The largest absolute Gasteiger partial charge is 0.316 e. The van der Waals surface area contributed by atoms with Crippen molar-refractivity contribution in [1.29, 1.82) is 0 Å². The quantitative estimate of drug-likeness (QED) is 0.746. The zero-order chi connectivity index (χ0) is 15.1. The molecule has 1 aromatic heterocycles. The van der Waals surface area contributed by atoms with Gasteiger partial charge >= 0.3 is 0 Å². The highest BCUT2D eigenvalue weighted by molar-refractivity contribution is 7.11. The molecule has 0 saturated carbocycles. The average Bonchev–Trinajstić information content (AvgIpc) is 2.84. The van der Waals surface area contributed by atoms with Crippen LogP contribution in [-0.4, -0.2) is 18.1 Å². The van der Waals surface area contributed by atoms with Crippen LogP contribution in [0, 0.1) is 18.7 Å². The molecule has 4 heteroatoms. The first kappa shape index (κ1) is 16.1. The van der Waals surface area contributed by atoms with E-state index < -0.39 is 0 Å². The van der Waals surface area contributed by atoms with Gasteiger partial charge in [0, 0.05) is 11.1 Å². The van der Waals surface area contributed by atoms with Crippen LogP contribution < -0.4 is 5.32 Å². The molecule has 2 nitrogen and oxygen atoms in total. The maximum atomic E-state index is 13.3. The lowest BCUT2D eigenvalue weighted by Gasteiger charge is -2.17. The first-order valence-electron chi connectivity index (χ1n) is 7.54. The van der Waals surface area contributed by atoms with Crippen LogP contribution in [0.1, 0.15) is 28.8 Å². The summed E-state index contributed by atoms with van der Waals surface area (Å²) in [5, 5.41) is 4.59. The summed E-state index contributed by atoms with van der Waals surface area (Å²) in [6.45, 7) is 6.19. The molecule has 1 atom stereocenters. The number of nitrogens with zero attached hydrogens (tertiary/aromatic N) is 1. The molecule has 1 N–H and O–H groups in total. The van der Waals surface area contributed by atoms with Gasteiger partial charge in [-0.25, -0.2) is 9.37 Å². The van der Waals surface area contributed by atoms with E-state index >= 15 is 0 Å². The van der Waals surface area contributed by atoms with Crippen molar-refractivity contribution in [1.82, 2.24) is 10.3 Å². The molecular weight excluding hydrogens is 283 g/mol. The van der Waals surface area contributed by atoms with Crippen LogP contribution in [0.3, 0.4) is 0 Å². The molecule has 2 rings (SSSR count).